The van der Waals surface area contributed by atoms with Crippen molar-refractivity contribution in [2.45, 2.75) is 0 Å². The van der Waals surface area contributed by atoms with Crippen molar-refractivity contribution in [1.29, 1.82) is 0 Å². The van der Waals surface area contributed by atoms with Crippen molar-refractivity contribution in [3.8, 4) is 89.0 Å². The van der Waals surface area contributed by atoms with Crippen LogP contribution in [0.2, 0.25) is 0 Å². The highest BCUT2D eigenvalue weighted by Crippen LogP contribution is 2.48. The SMILES string of the molecule is Brc1ccc(-c2c3ccccc3c(-c3ccccc3)c3ccccc23)cc1.OB(O)c1ccc(-c2c3ccccc3c(-c3ccccc3)c3ccccc23)cc1.c1ccc(-c2c3ccccc3c(-c3ccc(-c4cccc5cccc(-c6ccccc6)c45)cc3)c3ccccc23)cc1. The van der Waals surface area contributed by atoms with Gasteiger partial charge in [-0.3, -0.25) is 0 Å². The molecule has 4 heteroatoms. The third-order valence-corrected chi connectivity index (χ3v) is 19.6. The van der Waals surface area contributed by atoms with E-state index in [2.05, 4.69) is 362 Å². The van der Waals surface area contributed by atoms with E-state index in [-0.39, 0.29) is 0 Å². The van der Waals surface area contributed by atoms with Gasteiger partial charge in [0.05, 0.1) is 0 Å². The summed E-state index contributed by atoms with van der Waals surface area (Å²) in [5.74, 6) is 0. The molecule has 0 unspecified atom stereocenters. The van der Waals surface area contributed by atoms with E-state index in [1.165, 1.54) is 153 Å². The summed E-state index contributed by atoms with van der Waals surface area (Å²) in [5.41, 5.74) is 20.3. The zero-order chi connectivity index (χ0) is 65.9. The fraction of sp³-hybridized carbons (Fsp3) is 0. The van der Waals surface area contributed by atoms with Gasteiger partial charge in [0.2, 0.25) is 0 Å². The van der Waals surface area contributed by atoms with Crippen molar-refractivity contribution in [2.24, 2.45) is 0 Å². The Labute approximate surface area is 579 Å². The van der Waals surface area contributed by atoms with E-state index in [1.807, 2.05) is 18.2 Å². The number of hydrogen-bond acceptors (Lipinski definition) is 2. The van der Waals surface area contributed by atoms with Gasteiger partial charge in [-0.25, -0.2) is 0 Å². The zero-order valence-corrected chi connectivity index (χ0v) is 55.2. The summed E-state index contributed by atoms with van der Waals surface area (Å²) in [6.45, 7) is 0. The molecule has 18 aromatic rings. The minimum Gasteiger partial charge on any atom is -0.423 e. The quantitative estimate of drug-likeness (QED) is 0.112. The largest absolute Gasteiger partial charge is 0.488 e. The van der Waals surface area contributed by atoms with E-state index < -0.39 is 7.12 Å². The minimum absolute atomic E-state index is 0.489. The van der Waals surface area contributed by atoms with Crippen molar-refractivity contribution in [1.82, 2.24) is 0 Å². The van der Waals surface area contributed by atoms with Crippen molar-refractivity contribution in [2.75, 3.05) is 0 Å². The van der Waals surface area contributed by atoms with Crippen LogP contribution in [0.25, 0.3) is 164 Å². The summed E-state index contributed by atoms with van der Waals surface area (Å²) in [6.07, 6.45) is 0. The smallest absolute Gasteiger partial charge is 0.423 e. The second kappa shape index (κ2) is 27.2. The minimum atomic E-state index is -1.46. The first kappa shape index (κ1) is 61.1. The lowest BCUT2D eigenvalue weighted by molar-refractivity contribution is 0.426. The van der Waals surface area contributed by atoms with Crippen LogP contribution in [0.1, 0.15) is 0 Å². The van der Waals surface area contributed by atoms with Crippen molar-refractivity contribution < 1.29 is 10.0 Å². The highest BCUT2D eigenvalue weighted by molar-refractivity contribution is 9.10. The average molecular weight is 1320 g/mol. The maximum Gasteiger partial charge on any atom is 0.488 e. The molecular formula is C94H64BBrO2. The molecule has 2 nitrogen and oxygen atoms in total. The van der Waals surface area contributed by atoms with Crippen LogP contribution in [0.4, 0.5) is 0 Å². The molecule has 0 spiro atoms. The Hall–Kier alpha value is -11.8. The van der Waals surface area contributed by atoms with Crippen LogP contribution in [0.15, 0.2) is 381 Å². The van der Waals surface area contributed by atoms with E-state index in [0.29, 0.717) is 5.46 Å². The predicted molar refractivity (Wildman–Crippen MR) is 423 cm³/mol. The van der Waals surface area contributed by atoms with Crippen molar-refractivity contribution in [3.05, 3.63) is 381 Å². The van der Waals surface area contributed by atoms with E-state index in [0.717, 1.165) is 15.6 Å². The zero-order valence-electron chi connectivity index (χ0n) is 53.6. The van der Waals surface area contributed by atoms with Gasteiger partial charge in [-0.15, -0.1) is 0 Å². The monoisotopic (exact) mass is 1310 g/mol. The molecular weight excluding hydrogens is 1250 g/mol. The fourth-order valence-corrected chi connectivity index (χ4v) is 15.0. The summed E-state index contributed by atoms with van der Waals surface area (Å²) in [5, 5.41) is 36.5. The first-order valence-corrected chi connectivity index (χ1v) is 34.1. The van der Waals surface area contributed by atoms with Crippen LogP contribution in [0.3, 0.4) is 0 Å². The van der Waals surface area contributed by atoms with Crippen molar-refractivity contribution >= 4 is 104 Å². The first-order valence-electron chi connectivity index (χ1n) is 33.3. The molecule has 0 atom stereocenters. The van der Waals surface area contributed by atoms with Gasteiger partial charge in [0, 0.05) is 4.47 Å². The lowest BCUT2D eigenvalue weighted by Crippen LogP contribution is -2.29. The molecule has 0 fully saturated rings. The molecule has 0 radical (unpaired) electrons. The van der Waals surface area contributed by atoms with E-state index >= 15 is 0 Å². The molecule has 18 aromatic carbocycles. The molecule has 0 bridgehead atoms. The summed E-state index contributed by atoms with van der Waals surface area (Å²) in [6, 6.07) is 133. The Morgan fingerprint density at radius 1 is 0.184 bits per heavy atom. The predicted octanol–water partition coefficient (Wildman–Crippen LogP) is 24.9. The first-order chi connectivity index (χ1) is 48.4. The standard InChI is InChI=1S/C42H28.C26H19BO2.C26H17Br/c1-3-13-29(14-4-1)34-23-11-17-32-18-12-24-35(40(32)34)30-25-27-33(28-26-30)42-38-21-9-7-19-36(38)41(31-15-5-2-6-16-31)37-20-8-10-22-39(37)42;28-27(29)20-16-14-19(15-17-20)26-23-12-6-4-10-21(23)25(18-8-2-1-3-9-18)22-11-5-7-13-24(22)26;27-20-16-14-19(15-17-20)26-23-12-6-4-10-21(23)25(18-8-2-1-3-9-18)22-11-5-7-13-24(22)26/h1-28H;1-17,28-29H;1-17H. The highest BCUT2D eigenvalue weighted by Gasteiger charge is 2.21. The van der Waals surface area contributed by atoms with Crippen LogP contribution < -0.4 is 5.46 Å². The van der Waals surface area contributed by atoms with E-state index in [1.54, 1.807) is 12.1 Å². The van der Waals surface area contributed by atoms with Crippen LogP contribution in [-0.2, 0) is 0 Å². The molecule has 0 amide bonds. The second-order valence-corrected chi connectivity index (χ2v) is 25.7. The van der Waals surface area contributed by atoms with Gasteiger partial charge in [-0.1, -0.05) is 380 Å². The summed E-state index contributed by atoms with van der Waals surface area (Å²) < 4.78 is 1.10. The number of fused-ring (bicyclic) bond motifs is 7. The Kier molecular flexibility index (Phi) is 16.9. The number of benzene rings is 18. The third kappa shape index (κ3) is 11.6. The normalized spacial score (nSPS) is 11.2. The lowest BCUT2D eigenvalue weighted by atomic mass is 9.79. The van der Waals surface area contributed by atoms with Gasteiger partial charge in [0.1, 0.15) is 0 Å². The Bertz CT molecular complexity index is 5740. The number of hydrogen-bond donors (Lipinski definition) is 2. The Morgan fingerprint density at radius 3 is 0.653 bits per heavy atom. The molecule has 2 N–H and O–H groups in total. The maximum absolute atomic E-state index is 9.45. The van der Waals surface area contributed by atoms with Gasteiger partial charge in [-0.2, -0.15) is 0 Å². The molecule has 0 heterocycles. The molecule has 0 saturated carbocycles. The van der Waals surface area contributed by atoms with Gasteiger partial charge in [-0.05, 0) is 182 Å². The third-order valence-electron chi connectivity index (χ3n) is 19.1. The van der Waals surface area contributed by atoms with Gasteiger partial charge in [0.25, 0.3) is 0 Å². The van der Waals surface area contributed by atoms with Crippen molar-refractivity contribution in [3.63, 3.8) is 0 Å². The maximum atomic E-state index is 9.45. The molecule has 0 saturated heterocycles. The molecule has 98 heavy (non-hydrogen) atoms. The molecule has 462 valence electrons. The summed E-state index contributed by atoms with van der Waals surface area (Å²) >= 11 is 3.56. The van der Waals surface area contributed by atoms with E-state index in [4.69, 9.17) is 0 Å². The Morgan fingerprint density at radius 2 is 0.388 bits per heavy atom. The van der Waals surface area contributed by atoms with Crippen LogP contribution in [0.5, 0.6) is 0 Å². The Balaban J connectivity index is 0.000000119. The summed E-state index contributed by atoms with van der Waals surface area (Å²) in [4.78, 5) is 0. The van der Waals surface area contributed by atoms with Gasteiger partial charge < -0.3 is 10.0 Å². The topological polar surface area (TPSA) is 40.5 Å². The fourth-order valence-electron chi connectivity index (χ4n) is 14.8. The van der Waals surface area contributed by atoms with Crippen LogP contribution in [-0.4, -0.2) is 17.2 Å². The van der Waals surface area contributed by atoms with E-state index in [9.17, 15) is 10.0 Å². The molecule has 0 aliphatic heterocycles. The van der Waals surface area contributed by atoms with Gasteiger partial charge in [0.15, 0.2) is 0 Å². The molecule has 0 aromatic heterocycles. The van der Waals surface area contributed by atoms with Gasteiger partial charge >= 0.3 is 7.12 Å². The molecule has 0 aliphatic rings. The number of halogens is 1. The summed E-state index contributed by atoms with van der Waals surface area (Å²) in [7, 11) is -1.46. The molecule has 0 aliphatic carbocycles. The lowest BCUT2D eigenvalue weighted by Gasteiger charge is -2.18. The highest BCUT2D eigenvalue weighted by atomic mass is 79.9. The molecule has 18 rings (SSSR count). The second-order valence-electron chi connectivity index (χ2n) is 24.8. The van der Waals surface area contributed by atoms with Crippen LogP contribution >= 0.6 is 15.9 Å². The number of rotatable bonds is 9. The average Bonchev–Trinajstić information content (AvgIpc) is 0.755. The van der Waals surface area contributed by atoms with Crippen LogP contribution in [0, 0.1) is 0 Å².